The van der Waals surface area contributed by atoms with E-state index in [1.807, 2.05) is 0 Å². The van der Waals surface area contributed by atoms with E-state index in [-0.39, 0.29) is 5.97 Å². The van der Waals surface area contributed by atoms with Crippen molar-refractivity contribution in [3.8, 4) is 0 Å². The van der Waals surface area contributed by atoms with Gasteiger partial charge in [0.25, 0.3) is 5.78 Å². The van der Waals surface area contributed by atoms with Crippen LogP contribution in [0.15, 0.2) is 24.3 Å². The highest BCUT2D eigenvalue weighted by Gasteiger charge is 2.15. The molecule has 5 nitrogen and oxygen atoms in total. The molecule has 0 spiro atoms. The fourth-order valence-electron chi connectivity index (χ4n) is 1.53. The van der Waals surface area contributed by atoms with E-state index >= 15 is 0 Å². The molecule has 0 saturated heterocycles. The van der Waals surface area contributed by atoms with Crippen molar-refractivity contribution in [3.05, 3.63) is 35.4 Å². The van der Waals surface area contributed by atoms with Crippen LogP contribution >= 0.6 is 0 Å². The lowest BCUT2D eigenvalue weighted by molar-refractivity contribution is -0.141. The number of esters is 2. The van der Waals surface area contributed by atoms with E-state index < -0.39 is 11.8 Å². The van der Waals surface area contributed by atoms with Gasteiger partial charge in [-0.15, -0.1) is 0 Å². The molecule has 1 aromatic carbocycles. The van der Waals surface area contributed by atoms with E-state index in [0.717, 1.165) is 12.0 Å². The van der Waals surface area contributed by atoms with Gasteiger partial charge in [-0.2, -0.15) is 0 Å². The monoisotopic (exact) mass is 264 g/mol. The Kier molecular flexibility index (Phi) is 5.73. The molecule has 19 heavy (non-hydrogen) atoms. The smallest absolute Gasteiger partial charge is 0.379 e. The first-order valence-electron chi connectivity index (χ1n) is 5.89. The van der Waals surface area contributed by atoms with Gasteiger partial charge in [-0.3, -0.25) is 9.59 Å². The molecule has 0 radical (unpaired) electrons. The fraction of sp³-hybridized carbons (Fsp3) is 0.357. The first kappa shape index (κ1) is 14.9. The Morgan fingerprint density at radius 1 is 1.11 bits per heavy atom. The van der Waals surface area contributed by atoms with Crippen LogP contribution in [0.5, 0.6) is 0 Å². The van der Waals surface area contributed by atoms with Crippen LogP contribution in [0.2, 0.25) is 0 Å². The lowest BCUT2D eigenvalue weighted by Crippen LogP contribution is -2.15. The van der Waals surface area contributed by atoms with Crippen molar-refractivity contribution in [2.24, 2.45) is 0 Å². The number of rotatable bonds is 6. The summed E-state index contributed by atoms with van der Waals surface area (Å²) in [5, 5.41) is 0. The first-order chi connectivity index (χ1) is 9.04. The van der Waals surface area contributed by atoms with Gasteiger partial charge in [0.1, 0.15) is 0 Å². The van der Waals surface area contributed by atoms with E-state index in [2.05, 4.69) is 4.74 Å². The van der Waals surface area contributed by atoms with Gasteiger partial charge in [0, 0.05) is 12.5 Å². The molecule has 0 aromatic heterocycles. The molecule has 0 atom stereocenters. The molecule has 1 rings (SSSR count). The van der Waals surface area contributed by atoms with Crippen LogP contribution in [0.3, 0.4) is 0 Å². The van der Waals surface area contributed by atoms with Crippen molar-refractivity contribution in [3.63, 3.8) is 0 Å². The third-order valence-electron chi connectivity index (χ3n) is 2.50. The minimum absolute atomic E-state index is 0.293. The van der Waals surface area contributed by atoms with Crippen LogP contribution in [0, 0.1) is 0 Å². The molecule has 0 aliphatic rings. The average molecular weight is 264 g/mol. The number of hydrogen-bond acceptors (Lipinski definition) is 5. The number of ketones is 1. The summed E-state index contributed by atoms with van der Waals surface area (Å²) in [6.07, 6.45) is 1.45. The van der Waals surface area contributed by atoms with Crippen molar-refractivity contribution in [1.29, 1.82) is 0 Å². The van der Waals surface area contributed by atoms with Crippen LogP contribution < -0.4 is 0 Å². The van der Waals surface area contributed by atoms with Crippen molar-refractivity contribution >= 4 is 17.7 Å². The van der Waals surface area contributed by atoms with Gasteiger partial charge in [-0.1, -0.05) is 24.3 Å². The molecule has 0 aliphatic carbocycles. The van der Waals surface area contributed by atoms with Crippen LogP contribution in [0.1, 0.15) is 29.3 Å². The highest BCUT2D eigenvalue weighted by Crippen LogP contribution is 2.08. The number of methoxy groups -OCH3 is 1. The maximum atomic E-state index is 11.5. The molecule has 0 saturated carbocycles. The predicted molar refractivity (Wildman–Crippen MR) is 67.7 cm³/mol. The Balaban J connectivity index is 2.50. The van der Waals surface area contributed by atoms with Gasteiger partial charge in [0.05, 0.1) is 13.7 Å². The molecular formula is C14H16O5. The molecule has 0 fully saturated rings. The quantitative estimate of drug-likeness (QED) is 0.337. The lowest BCUT2D eigenvalue weighted by atomic mass is 10.1. The third kappa shape index (κ3) is 4.91. The molecular weight excluding hydrogens is 248 g/mol. The number of hydrogen-bond donors (Lipinski definition) is 0. The number of carbonyl (C=O) groups is 3. The zero-order valence-electron chi connectivity index (χ0n) is 11.0. The van der Waals surface area contributed by atoms with Crippen molar-refractivity contribution < 1.29 is 23.9 Å². The molecule has 5 heteroatoms. The number of ether oxygens (including phenoxy) is 2. The standard InChI is InChI=1S/C14H16O5/c1-10(15)19-9-3-4-11-5-7-12(8-6-11)13(16)14(17)18-2/h5-8H,3-4,9H2,1-2H3. The van der Waals surface area contributed by atoms with Gasteiger partial charge in [-0.25, -0.2) is 4.79 Å². The third-order valence-corrected chi connectivity index (χ3v) is 2.50. The molecule has 0 unspecified atom stereocenters. The maximum absolute atomic E-state index is 11.5. The van der Waals surface area contributed by atoms with Gasteiger partial charge in [0.2, 0.25) is 0 Å². The van der Waals surface area contributed by atoms with Crippen molar-refractivity contribution in [1.82, 2.24) is 0 Å². The predicted octanol–water partition coefficient (Wildman–Crippen LogP) is 1.54. The highest BCUT2D eigenvalue weighted by atomic mass is 16.5. The molecule has 1 aromatic rings. The Hall–Kier alpha value is -2.17. The van der Waals surface area contributed by atoms with Crippen LogP contribution in [-0.4, -0.2) is 31.4 Å². The summed E-state index contributed by atoms with van der Waals surface area (Å²) in [6.45, 7) is 1.74. The second-order valence-electron chi connectivity index (χ2n) is 3.96. The minimum atomic E-state index is -0.873. The zero-order chi connectivity index (χ0) is 14.3. The first-order valence-corrected chi connectivity index (χ1v) is 5.89. The summed E-state index contributed by atoms with van der Waals surface area (Å²) in [6, 6.07) is 6.70. The highest BCUT2D eigenvalue weighted by molar-refractivity contribution is 6.40. The molecule has 0 heterocycles. The summed E-state index contributed by atoms with van der Waals surface area (Å²) in [7, 11) is 1.17. The maximum Gasteiger partial charge on any atom is 0.379 e. The average Bonchev–Trinajstić information content (AvgIpc) is 2.42. The number of benzene rings is 1. The molecule has 0 amide bonds. The molecule has 102 valence electrons. The summed E-state index contributed by atoms with van der Waals surface area (Å²) in [5.41, 5.74) is 1.31. The van der Waals surface area contributed by atoms with E-state index in [0.29, 0.717) is 18.6 Å². The van der Waals surface area contributed by atoms with Crippen molar-refractivity contribution in [2.45, 2.75) is 19.8 Å². The van der Waals surface area contributed by atoms with Crippen LogP contribution in [-0.2, 0) is 25.5 Å². The minimum Gasteiger partial charge on any atom is -0.466 e. The van der Waals surface area contributed by atoms with Crippen LogP contribution in [0.4, 0.5) is 0 Å². The molecule has 0 bridgehead atoms. The van der Waals surface area contributed by atoms with E-state index in [4.69, 9.17) is 4.74 Å². The number of aryl methyl sites for hydroxylation is 1. The largest absolute Gasteiger partial charge is 0.466 e. The summed E-state index contributed by atoms with van der Waals surface area (Å²) < 4.78 is 9.18. The fourth-order valence-corrected chi connectivity index (χ4v) is 1.53. The summed E-state index contributed by atoms with van der Waals surface area (Å²) >= 11 is 0. The number of carbonyl (C=O) groups excluding carboxylic acids is 3. The second kappa shape index (κ2) is 7.31. The Labute approximate surface area is 111 Å². The summed E-state index contributed by atoms with van der Waals surface area (Å²) in [4.78, 5) is 33.1. The van der Waals surface area contributed by atoms with Gasteiger partial charge in [0.15, 0.2) is 0 Å². The van der Waals surface area contributed by atoms with Gasteiger partial charge in [-0.05, 0) is 18.4 Å². The van der Waals surface area contributed by atoms with E-state index in [9.17, 15) is 14.4 Å². The van der Waals surface area contributed by atoms with E-state index in [1.54, 1.807) is 24.3 Å². The summed E-state index contributed by atoms with van der Waals surface area (Å²) in [5.74, 6) is -1.82. The number of Topliss-reactive ketones (excluding diaryl/α,β-unsaturated/α-hetero) is 1. The van der Waals surface area contributed by atoms with Gasteiger partial charge >= 0.3 is 11.9 Å². The topological polar surface area (TPSA) is 69.7 Å². The zero-order valence-corrected chi connectivity index (χ0v) is 11.0. The Morgan fingerprint density at radius 2 is 1.74 bits per heavy atom. The van der Waals surface area contributed by atoms with Gasteiger partial charge < -0.3 is 9.47 Å². The molecule has 0 N–H and O–H groups in total. The van der Waals surface area contributed by atoms with Crippen LogP contribution in [0.25, 0.3) is 0 Å². The normalized spacial score (nSPS) is 9.79. The second-order valence-corrected chi connectivity index (χ2v) is 3.96. The SMILES string of the molecule is COC(=O)C(=O)c1ccc(CCCOC(C)=O)cc1. The Morgan fingerprint density at radius 3 is 2.26 bits per heavy atom. The van der Waals surface area contributed by atoms with Crippen molar-refractivity contribution in [2.75, 3.05) is 13.7 Å². The lowest BCUT2D eigenvalue weighted by Gasteiger charge is -2.04. The van der Waals surface area contributed by atoms with E-state index in [1.165, 1.54) is 14.0 Å². The Bertz CT molecular complexity index is 461. The molecule has 0 aliphatic heterocycles.